The Kier molecular flexibility index (Phi) is 8.59. The zero-order valence-corrected chi connectivity index (χ0v) is 19.0. The second kappa shape index (κ2) is 11.6. The Hall–Kier alpha value is -2.73. The Morgan fingerprint density at radius 3 is 2.65 bits per heavy atom. The van der Waals surface area contributed by atoms with Crippen LogP contribution in [-0.4, -0.2) is 50.6 Å². The highest BCUT2D eigenvalue weighted by Crippen LogP contribution is 2.22. The van der Waals surface area contributed by atoms with Crippen LogP contribution in [0, 0.1) is 0 Å². The van der Waals surface area contributed by atoms with Crippen molar-refractivity contribution in [1.82, 2.24) is 15.5 Å². The molecule has 0 atom stereocenters. The van der Waals surface area contributed by atoms with E-state index in [1.165, 1.54) is 6.42 Å². The largest absolute Gasteiger partial charge is 0.497 e. The summed E-state index contributed by atoms with van der Waals surface area (Å²) in [4.78, 5) is 19.0. The van der Waals surface area contributed by atoms with Gasteiger partial charge in [-0.3, -0.25) is 9.79 Å². The minimum absolute atomic E-state index is 0.125. The number of rotatable bonds is 7. The fourth-order valence-corrected chi connectivity index (χ4v) is 3.94. The van der Waals surface area contributed by atoms with Crippen LogP contribution in [0.1, 0.15) is 40.7 Å². The molecule has 1 fully saturated rings. The Labute approximate surface area is 189 Å². The summed E-state index contributed by atoms with van der Waals surface area (Å²) in [5.41, 5.74) is 2.84. The highest BCUT2D eigenvalue weighted by atomic mass is 35.5. The van der Waals surface area contributed by atoms with Crippen molar-refractivity contribution < 1.29 is 9.53 Å². The molecule has 7 heteroatoms. The average molecular weight is 443 g/mol. The molecule has 0 radical (unpaired) electrons. The van der Waals surface area contributed by atoms with E-state index in [2.05, 4.69) is 15.6 Å². The Balaban J connectivity index is 1.49. The van der Waals surface area contributed by atoms with Gasteiger partial charge < -0.3 is 20.3 Å². The van der Waals surface area contributed by atoms with Crippen molar-refractivity contribution in [3.05, 3.63) is 64.2 Å². The molecule has 1 heterocycles. The van der Waals surface area contributed by atoms with E-state index in [0.29, 0.717) is 24.1 Å². The number of likely N-dealkylation sites (tertiary alicyclic amines) is 1. The van der Waals surface area contributed by atoms with Crippen molar-refractivity contribution in [1.29, 1.82) is 0 Å². The molecule has 2 aromatic rings. The number of piperidine rings is 1. The number of methoxy groups -OCH3 is 1. The molecule has 1 saturated heterocycles. The van der Waals surface area contributed by atoms with Gasteiger partial charge in [-0.25, -0.2) is 0 Å². The van der Waals surface area contributed by atoms with E-state index in [1.54, 1.807) is 14.2 Å². The number of aliphatic imine (C=N–C) groups is 1. The molecule has 0 spiro atoms. The van der Waals surface area contributed by atoms with E-state index >= 15 is 0 Å². The fourth-order valence-electron chi connectivity index (χ4n) is 3.67. The van der Waals surface area contributed by atoms with Crippen molar-refractivity contribution >= 4 is 23.5 Å². The molecular weight excluding hydrogens is 412 g/mol. The number of nitrogens with zero attached hydrogens (tertiary/aromatic N) is 2. The van der Waals surface area contributed by atoms with Crippen LogP contribution in [0.15, 0.2) is 47.5 Å². The molecule has 3 rings (SSSR count). The minimum atomic E-state index is 0.125. The zero-order valence-electron chi connectivity index (χ0n) is 18.3. The number of benzene rings is 2. The number of carbonyl (C=O) groups is 1. The van der Waals surface area contributed by atoms with Crippen LogP contribution >= 0.6 is 11.6 Å². The van der Waals surface area contributed by atoms with Crippen LogP contribution in [0.2, 0.25) is 5.02 Å². The normalized spacial score (nSPS) is 14.3. The average Bonchev–Trinajstić information content (AvgIpc) is 2.82. The molecule has 0 aliphatic carbocycles. The highest BCUT2D eigenvalue weighted by molar-refractivity contribution is 6.31. The lowest BCUT2D eigenvalue weighted by Gasteiger charge is -2.26. The lowest BCUT2D eigenvalue weighted by molar-refractivity contribution is 0.0724. The Bertz CT molecular complexity index is 910. The lowest BCUT2D eigenvalue weighted by atomic mass is 10.1. The van der Waals surface area contributed by atoms with Crippen molar-refractivity contribution in [3.8, 4) is 5.75 Å². The number of hydrogen-bond acceptors (Lipinski definition) is 3. The van der Waals surface area contributed by atoms with Gasteiger partial charge in [0.1, 0.15) is 5.75 Å². The SMILES string of the molecule is CN=C(NCCc1ccc(OC)cc1Cl)NCc1cccc(C(=O)N2CCCCC2)c1. The first-order chi connectivity index (χ1) is 15.1. The van der Waals surface area contributed by atoms with E-state index in [4.69, 9.17) is 16.3 Å². The molecule has 0 aromatic heterocycles. The van der Waals surface area contributed by atoms with Gasteiger partial charge in [0.25, 0.3) is 5.91 Å². The first-order valence-corrected chi connectivity index (χ1v) is 11.1. The molecule has 166 valence electrons. The van der Waals surface area contributed by atoms with Gasteiger partial charge in [0.15, 0.2) is 5.96 Å². The molecule has 1 aliphatic rings. The molecule has 0 bridgehead atoms. The predicted octanol–water partition coefficient (Wildman–Crippen LogP) is 3.88. The molecule has 2 aromatic carbocycles. The van der Waals surface area contributed by atoms with Crippen molar-refractivity contribution in [2.45, 2.75) is 32.2 Å². The molecule has 6 nitrogen and oxygen atoms in total. The van der Waals surface area contributed by atoms with Gasteiger partial charge in [0.2, 0.25) is 0 Å². The summed E-state index contributed by atoms with van der Waals surface area (Å²) in [5.74, 6) is 1.58. The van der Waals surface area contributed by atoms with Gasteiger partial charge in [-0.15, -0.1) is 0 Å². The molecule has 0 unspecified atom stereocenters. The number of ether oxygens (including phenoxy) is 1. The summed E-state index contributed by atoms with van der Waals surface area (Å²) >= 11 is 6.31. The summed E-state index contributed by atoms with van der Waals surface area (Å²) in [6, 6.07) is 13.5. The Morgan fingerprint density at radius 1 is 1.13 bits per heavy atom. The maximum atomic E-state index is 12.7. The third-order valence-corrected chi connectivity index (χ3v) is 5.80. The standard InChI is InChI=1S/C24H31ClN4O2/c1-26-24(27-12-11-19-9-10-21(31-2)16-22(19)25)28-17-18-7-6-8-20(15-18)23(30)29-13-4-3-5-14-29/h6-10,15-16H,3-5,11-14,17H2,1-2H3,(H2,26,27,28). The quantitative estimate of drug-likeness (QED) is 0.504. The van der Waals surface area contributed by atoms with E-state index in [0.717, 1.165) is 54.8 Å². The van der Waals surface area contributed by atoms with E-state index in [-0.39, 0.29) is 5.91 Å². The summed E-state index contributed by atoms with van der Waals surface area (Å²) in [5, 5.41) is 7.31. The molecular formula is C24H31ClN4O2. The van der Waals surface area contributed by atoms with E-state index < -0.39 is 0 Å². The van der Waals surface area contributed by atoms with Crippen LogP contribution < -0.4 is 15.4 Å². The second-order valence-electron chi connectivity index (χ2n) is 7.61. The predicted molar refractivity (Wildman–Crippen MR) is 126 cm³/mol. The van der Waals surface area contributed by atoms with Gasteiger partial charge in [0.05, 0.1) is 7.11 Å². The summed E-state index contributed by atoms with van der Waals surface area (Å²) in [7, 11) is 3.37. The van der Waals surface area contributed by atoms with Crippen LogP contribution in [0.3, 0.4) is 0 Å². The number of halogens is 1. The molecule has 1 aliphatic heterocycles. The number of amides is 1. The Morgan fingerprint density at radius 2 is 1.94 bits per heavy atom. The van der Waals surface area contributed by atoms with Crippen LogP contribution in [0.4, 0.5) is 0 Å². The van der Waals surface area contributed by atoms with Gasteiger partial charge in [-0.2, -0.15) is 0 Å². The van der Waals surface area contributed by atoms with Crippen LogP contribution in [0.25, 0.3) is 0 Å². The zero-order chi connectivity index (χ0) is 22.1. The van der Waals surface area contributed by atoms with E-state index in [9.17, 15) is 4.79 Å². The smallest absolute Gasteiger partial charge is 0.253 e. The maximum Gasteiger partial charge on any atom is 0.253 e. The van der Waals surface area contributed by atoms with Crippen molar-refractivity contribution in [2.24, 2.45) is 4.99 Å². The second-order valence-corrected chi connectivity index (χ2v) is 8.02. The summed E-state index contributed by atoms with van der Waals surface area (Å²) in [6.07, 6.45) is 4.17. The summed E-state index contributed by atoms with van der Waals surface area (Å²) < 4.78 is 5.19. The topological polar surface area (TPSA) is 66.0 Å². The van der Waals surface area contributed by atoms with Gasteiger partial charge >= 0.3 is 0 Å². The molecule has 31 heavy (non-hydrogen) atoms. The van der Waals surface area contributed by atoms with Crippen molar-refractivity contribution in [3.63, 3.8) is 0 Å². The number of carbonyl (C=O) groups excluding carboxylic acids is 1. The number of nitrogens with one attached hydrogen (secondary N) is 2. The van der Waals surface area contributed by atoms with Crippen LogP contribution in [-0.2, 0) is 13.0 Å². The number of hydrogen-bond donors (Lipinski definition) is 2. The van der Waals surface area contributed by atoms with E-state index in [1.807, 2.05) is 47.4 Å². The highest BCUT2D eigenvalue weighted by Gasteiger charge is 2.18. The number of guanidine groups is 1. The van der Waals surface area contributed by atoms with Gasteiger partial charge in [-0.1, -0.05) is 29.8 Å². The lowest BCUT2D eigenvalue weighted by Crippen LogP contribution is -2.38. The molecule has 2 N–H and O–H groups in total. The molecule has 0 saturated carbocycles. The van der Waals surface area contributed by atoms with Gasteiger partial charge in [0, 0.05) is 43.8 Å². The molecule has 1 amide bonds. The van der Waals surface area contributed by atoms with Crippen LogP contribution in [0.5, 0.6) is 5.75 Å². The maximum absolute atomic E-state index is 12.7. The van der Waals surface area contributed by atoms with Gasteiger partial charge in [-0.05, 0) is 61.1 Å². The van der Waals surface area contributed by atoms with Crippen molar-refractivity contribution in [2.75, 3.05) is 33.8 Å². The fraction of sp³-hybridized carbons (Fsp3) is 0.417. The first-order valence-electron chi connectivity index (χ1n) is 10.8. The third kappa shape index (κ3) is 6.62. The monoisotopic (exact) mass is 442 g/mol. The summed E-state index contributed by atoms with van der Waals surface area (Å²) in [6.45, 7) is 3.00. The first kappa shape index (κ1) is 22.9. The third-order valence-electron chi connectivity index (χ3n) is 5.45. The minimum Gasteiger partial charge on any atom is -0.497 e.